The topological polar surface area (TPSA) is 55.4 Å². The maximum atomic E-state index is 11.8. The third kappa shape index (κ3) is 1.04. The summed E-state index contributed by atoms with van der Waals surface area (Å²) in [7, 11) is 0. The van der Waals surface area contributed by atoms with Gasteiger partial charge in [0.05, 0.1) is 5.75 Å². The van der Waals surface area contributed by atoms with Crippen molar-refractivity contribution in [3.63, 3.8) is 0 Å². The number of benzene rings is 1. The zero-order valence-electron chi connectivity index (χ0n) is 7.65. The van der Waals surface area contributed by atoms with Crippen molar-refractivity contribution in [2.24, 2.45) is 0 Å². The minimum Gasteiger partial charge on any atom is -0.433 e. The summed E-state index contributed by atoms with van der Waals surface area (Å²) in [5.74, 6) is -0.381. The summed E-state index contributed by atoms with van der Waals surface area (Å²) in [5, 5.41) is 2.71. The molecule has 2 heterocycles. The number of carbonyl (C=O) groups is 2. The largest absolute Gasteiger partial charge is 0.433 e. The highest BCUT2D eigenvalue weighted by molar-refractivity contribution is 8.01. The van der Waals surface area contributed by atoms with Crippen LogP contribution in [-0.4, -0.2) is 17.6 Å². The molecule has 0 radical (unpaired) electrons. The number of nitrogens with one attached hydrogen (secondary N) is 1. The lowest BCUT2D eigenvalue weighted by molar-refractivity contribution is -0.152. The van der Waals surface area contributed by atoms with E-state index in [9.17, 15) is 9.59 Å². The second kappa shape index (κ2) is 2.76. The van der Waals surface area contributed by atoms with E-state index in [1.807, 2.05) is 12.1 Å². The molecule has 1 aromatic rings. The van der Waals surface area contributed by atoms with E-state index in [0.717, 1.165) is 11.3 Å². The van der Waals surface area contributed by atoms with Gasteiger partial charge in [-0.1, -0.05) is 30.0 Å². The van der Waals surface area contributed by atoms with E-state index < -0.39 is 4.93 Å². The number of ether oxygens (including phenoxy) is 1. The average Bonchev–Trinajstić information content (AvgIpc) is 2.73. The first-order valence-corrected chi connectivity index (χ1v) is 5.48. The van der Waals surface area contributed by atoms with Crippen LogP contribution in [0.3, 0.4) is 0 Å². The maximum absolute atomic E-state index is 11.8. The zero-order valence-corrected chi connectivity index (χ0v) is 8.47. The number of rotatable bonds is 0. The van der Waals surface area contributed by atoms with Gasteiger partial charge in [0, 0.05) is 11.3 Å². The molecule has 1 atom stereocenters. The lowest BCUT2D eigenvalue weighted by Crippen LogP contribution is -2.31. The van der Waals surface area contributed by atoms with Crippen LogP contribution in [0.1, 0.15) is 5.56 Å². The number of anilines is 1. The molecule has 1 N–H and O–H groups in total. The summed E-state index contributed by atoms with van der Waals surface area (Å²) in [6.07, 6.45) is 0. The SMILES string of the molecule is O=C1CS[C@]2(O1)C(=O)Nc1ccccc12. The Morgan fingerprint density at radius 3 is 2.87 bits per heavy atom. The number of hydrogen-bond donors (Lipinski definition) is 1. The van der Waals surface area contributed by atoms with Gasteiger partial charge < -0.3 is 10.1 Å². The Morgan fingerprint density at radius 2 is 2.13 bits per heavy atom. The number of fused-ring (bicyclic) bond motifs is 2. The Balaban J connectivity index is 2.17. The third-order valence-electron chi connectivity index (χ3n) is 2.48. The van der Waals surface area contributed by atoms with Gasteiger partial charge in [0.2, 0.25) is 0 Å². The van der Waals surface area contributed by atoms with E-state index in [1.54, 1.807) is 12.1 Å². The smallest absolute Gasteiger partial charge is 0.318 e. The number of esters is 1. The average molecular weight is 221 g/mol. The molecule has 3 rings (SSSR count). The quantitative estimate of drug-likeness (QED) is 0.666. The molecule has 76 valence electrons. The van der Waals surface area contributed by atoms with E-state index in [4.69, 9.17) is 4.74 Å². The van der Waals surface area contributed by atoms with E-state index in [0.29, 0.717) is 0 Å². The lowest BCUT2D eigenvalue weighted by Gasteiger charge is -2.17. The normalized spacial score (nSPS) is 27.7. The molecular weight excluding hydrogens is 214 g/mol. The summed E-state index contributed by atoms with van der Waals surface area (Å²) in [4.78, 5) is 21.8. The highest BCUT2D eigenvalue weighted by atomic mass is 32.2. The molecule has 0 bridgehead atoms. The summed E-state index contributed by atoms with van der Waals surface area (Å²) in [6.45, 7) is 0. The summed E-state index contributed by atoms with van der Waals surface area (Å²) in [5.41, 5.74) is 1.47. The molecule has 0 aromatic heterocycles. The zero-order chi connectivity index (χ0) is 10.5. The van der Waals surface area contributed by atoms with Crippen molar-refractivity contribution >= 4 is 29.3 Å². The number of amides is 1. The van der Waals surface area contributed by atoms with E-state index in [-0.39, 0.29) is 17.6 Å². The van der Waals surface area contributed by atoms with Gasteiger partial charge in [-0.25, -0.2) is 0 Å². The Labute approximate surface area is 90.0 Å². The van der Waals surface area contributed by atoms with Crippen molar-refractivity contribution in [3.05, 3.63) is 29.8 Å². The Kier molecular flexibility index (Phi) is 1.62. The number of para-hydroxylation sites is 1. The van der Waals surface area contributed by atoms with E-state index in [1.165, 1.54) is 11.8 Å². The van der Waals surface area contributed by atoms with Crippen molar-refractivity contribution in [1.82, 2.24) is 0 Å². The van der Waals surface area contributed by atoms with Gasteiger partial charge in [0.15, 0.2) is 0 Å². The van der Waals surface area contributed by atoms with Crippen LogP contribution in [0.5, 0.6) is 0 Å². The molecule has 0 aliphatic carbocycles. The predicted octanol–water partition coefficient (Wildman–Crippen LogP) is 1.08. The molecule has 4 nitrogen and oxygen atoms in total. The second-order valence-electron chi connectivity index (χ2n) is 3.38. The first-order chi connectivity index (χ1) is 7.22. The van der Waals surface area contributed by atoms with Gasteiger partial charge in [0.25, 0.3) is 10.8 Å². The Hall–Kier alpha value is -1.49. The van der Waals surface area contributed by atoms with Crippen molar-refractivity contribution in [2.75, 3.05) is 11.1 Å². The summed E-state index contributed by atoms with van der Waals surface area (Å²) >= 11 is 1.23. The van der Waals surface area contributed by atoms with Crippen LogP contribution in [0.4, 0.5) is 5.69 Å². The first-order valence-electron chi connectivity index (χ1n) is 4.49. The van der Waals surface area contributed by atoms with Gasteiger partial charge in [0.1, 0.15) is 0 Å². The highest BCUT2D eigenvalue weighted by Gasteiger charge is 2.54. The molecule has 0 saturated carbocycles. The van der Waals surface area contributed by atoms with Crippen molar-refractivity contribution in [3.8, 4) is 0 Å². The van der Waals surface area contributed by atoms with Crippen molar-refractivity contribution < 1.29 is 14.3 Å². The fourth-order valence-electron chi connectivity index (χ4n) is 1.83. The lowest BCUT2D eigenvalue weighted by atomic mass is 10.1. The van der Waals surface area contributed by atoms with E-state index in [2.05, 4.69) is 5.32 Å². The second-order valence-corrected chi connectivity index (χ2v) is 4.53. The van der Waals surface area contributed by atoms with Gasteiger partial charge >= 0.3 is 5.97 Å². The first kappa shape index (κ1) is 8.79. The molecule has 1 aromatic carbocycles. The molecule has 0 unspecified atom stereocenters. The highest BCUT2D eigenvalue weighted by Crippen LogP contribution is 2.49. The molecule has 1 saturated heterocycles. The van der Waals surface area contributed by atoms with Crippen LogP contribution >= 0.6 is 11.8 Å². The minimum atomic E-state index is -1.13. The molecule has 5 heteroatoms. The fourth-order valence-corrected chi connectivity index (χ4v) is 2.88. The Morgan fingerprint density at radius 1 is 1.33 bits per heavy atom. The van der Waals surface area contributed by atoms with Crippen molar-refractivity contribution in [1.29, 1.82) is 0 Å². The summed E-state index contributed by atoms with van der Waals surface area (Å²) < 4.78 is 5.16. The molecule has 2 aliphatic rings. The number of carbonyl (C=O) groups excluding carboxylic acids is 2. The molecule has 1 spiro atoms. The van der Waals surface area contributed by atoms with Crippen LogP contribution in [0.2, 0.25) is 0 Å². The van der Waals surface area contributed by atoms with Gasteiger partial charge in [-0.3, -0.25) is 9.59 Å². The van der Waals surface area contributed by atoms with Gasteiger partial charge in [-0.05, 0) is 6.07 Å². The van der Waals surface area contributed by atoms with Crippen LogP contribution in [0.15, 0.2) is 24.3 Å². The van der Waals surface area contributed by atoms with Crippen LogP contribution in [0.25, 0.3) is 0 Å². The molecule has 15 heavy (non-hydrogen) atoms. The predicted molar refractivity (Wildman–Crippen MR) is 55.3 cm³/mol. The van der Waals surface area contributed by atoms with E-state index >= 15 is 0 Å². The molecule has 1 amide bonds. The standard InChI is InChI=1S/C10H7NO3S/c12-8-5-15-10(14-8)6-3-1-2-4-7(6)11-9(10)13/h1-4H,5H2,(H,11,13)/t10-/m0/s1. The monoisotopic (exact) mass is 221 g/mol. The number of hydrogen-bond acceptors (Lipinski definition) is 4. The molecule has 2 aliphatic heterocycles. The molecular formula is C10H7NO3S. The van der Waals surface area contributed by atoms with Gasteiger partial charge in [-0.15, -0.1) is 0 Å². The Bertz CT molecular complexity index is 473. The minimum absolute atomic E-state index is 0.224. The van der Waals surface area contributed by atoms with Crippen molar-refractivity contribution in [2.45, 2.75) is 4.93 Å². The van der Waals surface area contributed by atoms with Crippen LogP contribution in [-0.2, 0) is 19.3 Å². The fraction of sp³-hybridized carbons (Fsp3) is 0.200. The van der Waals surface area contributed by atoms with Gasteiger partial charge in [-0.2, -0.15) is 0 Å². The summed E-state index contributed by atoms with van der Waals surface area (Å²) in [6, 6.07) is 7.26. The maximum Gasteiger partial charge on any atom is 0.318 e. The number of thioether (sulfide) groups is 1. The van der Waals surface area contributed by atoms with Crippen LogP contribution < -0.4 is 5.32 Å². The molecule has 1 fully saturated rings. The third-order valence-corrected chi connectivity index (χ3v) is 3.75. The van der Waals surface area contributed by atoms with Crippen LogP contribution in [0, 0.1) is 0 Å².